The van der Waals surface area contributed by atoms with E-state index in [1.165, 1.54) is 0 Å². The van der Waals surface area contributed by atoms with Gasteiger partial charge in [0.25, 0.3) is 0 Å². The fourth-order valence-corrected chi connectivity index (χ4v) is 4.47. The molecule has 0 bridgehead atoms. The van der Waals surface area contributed by atoms with Crippen molar-refractivity contribution < 1.29 is 18.3 Å². The van der Waals surface area contributed by atoms with Gasteiger partial charge < -0.3 is 5.11 Å². The lowest BCUT2D eigenvalue weighted by Gasteiger charge is -2.15. The Morgan fingerprint density at radius 3 is 2.46 bits per heavy atom. The van der Waals surface area contributed by atoms with E-state index in [1.807, 2.05) is 31.5 Å². The van der Waals surface area contributed by atoms with Gasteiger partial charge in [-0.15, -0.1) is 0 Å². The molecule has 0 amide bonds. The van der Waals surface area contributed by atoms with Crippen LogP contribution in [0.4, 0.5) is 0 Å². The summed E-state index contributed by atoms with van der Waals surface area (Å²) in [7, 11) is -3.99. The summed E-state index contributed by atoms with van der Waals surface area (Å²) in [5.74, 6) is -1.38. The van der Waals surface area contributed by atoms with Gasteiger partial charge >= 0.3 is 5.97 Å². The maximum atomic E-state index is 12.5. The number of hydrogen-bond acceptors (Lipinski definition) is 4. The molecule has 0 radical (unpaired) electrons. The fraction of sp³-hybridized carbons (Fsp3) is 0.375. The first-order valence-corrected chi connectivity index (χ1v) is 9.98. The summed E-state index contributed by atoms with van der Waals surface area (Å²) < 4.78 is 29.3. The zero-order valence-electron chi connectivity index (χ0n) is 14.5. The van der Waals surface area contributed by atoms with Gasteiger partial charge in [-0.05, 0) is 38.0 Å². The third-order valence-electron chi connectivity index (χ3n) is 3.75. The highest BCUT2D eigenvalue weighted by molar-refractivity contribution is 7.89. The lowest BCUT2D eigenvalue weighted by atomic mass is 10.2. The van der Waals surface area contributed by atoms with Crippen molar-refractivity contribution in [1.29, 1.82) is 0 Å². The van der Waals surface area contributed by atoms with Crippen LogP contribution in [0.2, 0.25) is 10.0 Å². The number of aromatic nitrogens is 2. The van der Waals surface area contributed by atoms with Crippen LogP contribution >= 0.6 is 23.2 Å². The highest BCUT2D eigenvalue weighted by Gasteiger charge is 2.23. The van der Waals surface area contributed by atoms with Crippen LogP contribution in [0.5, 0.6) is 0 Å². The molecular weight excluding hydrogens is 401 g/mol. The Hall–Kier alpha value is -1.61. The van der Waals surface area contributed by atoms with Crippen LogP contribution in [0.25, 0.3) is 0 Å². The first-order valence-electron chi connectivity index (χ1n) is 7.74. The first-order chi connectivity index (χ1) is 12.0. The second-order valence-electron chi connectivity index (χ2n) is 6.13. The third-order valence-corrected chi connectivity index (χ3v) is 5.95. The number of carbonyl (C=O) groups is 1. The standard InChI is InChI=1S/C16H19Cl2N3O4S/c1-9(8-21-11(3)4-10(2)20-21)7-19-26(24,25)15-5-12(16(22)23)13(17)6-14(15)18/h4-6,9,19H,7-8H2,1-3H3,(H,22,23)/t9-/m1/s1. The maximum absolute atomic E-state index is 12.5. The van der Waals surface area contributed by atoms with Gasteiger partial charge in [-0.1, -0.05) is 30.1 Å². The fourth-order valence-electron chi connectivity index (χ4n) is 2.45. The van der Waals surface area contributed by atoms with Gasteiger partial charge in [0.1, 0.15) is 4.90 Å². The van der Waals surface area contributed by atoms with Crippen LogP contribution in [0.15, 0.2) is 23.1 Å². The maximum Gasteiger partial charge on any atom is 0.337 e. The molecular formula is C16H19Cl2N3O4S. The first kappa shape index (κ1) is 20.7. The van der Waals surface area contributed by atoms with Crippen molar-refractivity contribution in [3.8, 4) is 0 Å². The van der Waals surface area contributed by atoms with Crippen LogP contribution < -0.4 is 4.72 Å². The average molecular weight is 420 g/mol. The quantitative estimate of drug-likeness (QED) is 0.717. The molecule has 2 rings (SSSR count). The molecule has 26 heavy (non-hydrogen) atoms. The van der Waals surface area contributed by atoms with E-state index >= 15 is 0 Å². The highest BCUT2D eigenvalue weighted by Crippen LogP contribution is 2.28. The highest BCUT2D eigenvalue weighted by atomic mass is 35.5. The third kappa shape index (κ3) is 4.76. The number of halogens is 2. The minimum absolute atomic E-state index is 0.0483. The Kier molecular flexibility index (Phi) is 6.33. The van der Waals surface area contributed by atoms with Crippen LogP contribution in [-0.4, -0.2) is 35.8 Å². The molecule has 2 N–H and O–H groups in total. The minimum atomic E-state index is -3.99. The number of benzene rings is 1. The van der Waals surface area contributed by atoms with Gasteiger partial charge in [-0.25, -0.2) is 17.9 Å². The lowest BCUT2D eigenvalue weighted by Crippen LogP contribution is -2.30. The average Bonchev–Trinajstić information content (AvgIpc) is 2.82. The Labute approximate surface area is 162 Å². The predicted molar refractivity (Wildman–Crippen MR) is 99.5 cm³/mol. The molecule has 10 heteroatoms. The van der Waals surface area contributed by atoms with Crippen molar-refractivity contribution in [3.63, 3.8) is 0 Å². The van der Waals surface area contributed by atoms with E-state index in [0.29, 0.717) is 6.54 Å². The van der Waals surface area contributed by atoms with E-state index in [1.54, 1.807) is 0 Å². The Balaban J connectivity index is 2.15. The molecule has 1 atom stereocenters. The van der Waals surface area contributed by atoms with Crippen LogP contribution in [0, 0.1) is 19.8 Å². The van der Waals surface area contributed by atoms with E-state index < -0.39 is 16.0 Å². The molecule has 1 aromatic heterocycles. The van der Waals surface area contributed by atoms with Crippen molar-refractivity contribution in [2.45, 2.75) is 32.2 Å². The largest absolute Gasteiger partial charge is 0.478 e. The van der Waals surface area contributed by atoms with Crippen LogP contribution in [0.3, 0.4) is 0 Å². The molecule has 0 unspecified atom stereocenters. The summed E-state index contributed by atoms with van der Waals surface area (Å²) in [6.45, 7) is 6.38. The van der Waals surface area contributed by atoms with Crippen LogP contribution in [-0.2, 0) is 16.6 Å². The number of nitrogens with one attached hydrogen (secondary N) is 1. The van der Waals surface area contributed by atoms with E-state index in [9.17, 15) is 13.2 Å². The Bertz CT molecular complexity index is 941. The summed E-state index contributed by atoms with van der Waals surface area (Å²) in [6.07, 6.45) is 0. The number of carboxylic acid groups (broad SMARTS) is 1. The Morgan fingerprint density at radius 1 is 1.27 bits per heavy atom. The molecule has 1 aromatic carbocycles. The van der Waals surface area contributed by atoms with Crippen molar-refractivity contribution in [3.05, 3.63) is 45.2 Å². The number of aryl methyl sites for hydroxylation is 2. The second kappa shape index (κ2) is 7.96. The Morgan fingerprint density at radius 2 is 1.92 bits per heavy atom. The summed E-state index contributed by atoms with van der Waals surface area (Å²) in [4.78, 5) is 10.8. The number of hydrogen-bond donors (Lipinski definition) is 2. The number of nitrogens with zero attached hydrogens (tertiary/aromatic N) is 2. The van der Waals surface area contributed by atoms with E-state index in [4.69, 9.17) is 28.3 Å². The van der Waals surface area contributed by atoms with Crippen molar-refractivity contribution >= 4 is 39.2 Å². The molecule has 1 heterocycles. The number of sulfonamides is 1. The predicted octanol–water partition coefficient (Wildman–Crippen LogP) is 3.12. The lowest BCUT2D eigenvalue weighted by molar-refractivity contribution is 0.0697. The number of carboxylic acids is 1. The van der Waals surface area contributed by atoms with Crippen LogP contribution in [0.1, 0.15) is 28.7 Å². The van der Waals surface area contributed by atoms with E-state index in [2.05, 4.69) is 9.82 Å². The molecule has 0 aliphatic heterocycles. The smallest absolute Gasteiger partial charge is 0.337 e. The minimum Gasteiger partial charge on any atom is -0.478 e. The number of aromatic carboxylic acids is 1. The summed E-state index contributed by atoms with van der Waals surface area (Å²) in [5, 5.41) is 13.2. The molecule has 142 valence electrons. The van der Waals surface area contributed by atoms with Gasteiger partial charge in [0.05, 0.1) is 21.3 Å². The molecule has 2 aromatic rings. The zero-order chi connectivity index (χ0) is 19.6. The topological polar surface area (TPSA) is 101 Å². The molecule has 7 nitrogen and oxygen atoms in total. The van der Waals surface area contributed by atoms with E-state index in [-0.39, 0.29) is 33.0 Å². The second-order valence-corrected chi connectivity index (χ2v) is 8.68. The zero-order valence-corrected chi connectivity index (χ0v) is 16.8. The van der Waals surface area contributed by atoms with Gasteiger partial charge in [-0.2, -0.15) is 5.10 Å². The molecule has 0 spiro atoms. The van der Waals surface area contributed by atoms with Gasteiger partial charge in [0.15, 0.2) is 0 Å². The van der Waals surface area contributed by atoms with E-state index in [0.717, 1.165) is 23.5 Å². The van der Waals surface area contributed by atoms with Gasteiger partial charge in [-0.3, -0.25) is 4.68 Å². The monoisotopic (exact) mass is 419 g/mol. The van der Waals surface area contributed by atoms with Gasteiger partial charge in [0, 0.05) is 18.8 Å². The summed E-state index contributed by atoms with van der Waals surface area (Å²) in [5.41, 5.74) is 1.56. The molecule has 0 fully saturated rings. The van der Waals surface area contributed by atoms with Crippen molar-refractivity contribution in [2.24, 2.45) is 5.92 Å². The number of rotatable bonds is 7. The molecule has 0 aliphatic rings. The van der Waals surface area contributed by atoms with Crippen molar-refractivity contribution in [1.82, 2.24) is 14.5 Å². The molecule has 0 aliphatic carbocycles. The molecule has 0 saturated heterocycles. The normalized spacial score (nSPS) is 13.0. The van der Waals surface area contributed by atoms with Gasteiger partial charge in [0.2, 0.25) is 10.0 Å². The molecule has 0 saturated carbocycles. The SMILES string of the molecule is Cc1cc(C)n(C[C@H](C)CNS(=O)(=O)c2cc(C(=O)O)c(Cl)cc2Cl)n1. The van der Waals surface area contributed by atoms with Crippen molar-refractivity contribution in [2.75, 3.05) is 6.54 Å². The summed E-state index contributed by atoms with van der Waals surface area (Å²) >= 11 is 11.7. The summed E-state index contributed by atoms with van der Waals surface area (Å²) in [6, 6.07) is 4.01.